The number of carbonyl (C=O) groups is 1. The monoisotopic (exact) mass is 426 g/mol. The Morgan fingerprint density at radius 3 is 2.68 bits per heavy atom. The van der Waals surface area contributed by atoms with Gasteiger partial charge >= 0.3 is 5.97 Å². The van der Waals surface area contributed by atoms with Gasteiger partial charge in [-0.3, -0.25) is 0 Å². The lowest BCUT2D eigenvalue weighted by atomic mass is 9.87. The summed E-state index contributed by atoms with van der Waals surface area (Å²) in [4.78, 5) is 11.3. The lowest BCUT2D eigenvalue weighted by Crippen LogP contribution is -2.24. The van der Waals surface area contributed by atoms with Crippen LogP contribution in [0.1, 0.15) is 47.2 Å². The topological polar surface area (TPSA) is 87.0 Å². The van der Waals surface area contributed by atoms with E-state index in [0.717, 1.165) is 24.0 Å². The number of fused-ring (bicyclic) bond motifs is 2. The molecule has 1 saturated carbocycles. The van der Waals surface area contributed by atoms with Crippen LogP contribution >= 0.6 is 0 Å². The first-order valence-corrected chi connectivity index (χ1v) is 10.7. The maximum Gasteiger partial charge on any atom is 0.335 e. The second-order valence-electron chi connectivity index (χ2n) is 8.58. The highest BCUT2D eigenvalue weighted by Crippen LogP contribution is 2.42. The van der Waals surface area contributed by atoms with Crippen molar-refractivity contribution in [3.8, 4) is 5.75 Å². The lowest BCUT2D eigenvalue weighted by Gasteiger charge is -2.22. The molecule has 0 aromatic heterocycles. The molecule has 0 bridgehead atoms. The third-order valence-corrected chi connectivity index (χ3v) is 6.67. The molecule has 0 saturated heterocycles. The van der Waals surface area contributed by atoms with Crippen molar-refractivity contribution in [2.24, 2.45) is 11.8 Å². The molecule has 164 valence electrons. The zero-order chi connectivity index (χ0) is 22.1. The SMILES string of the molecule is CC(c1ccc(F)cc1)C(O)/C=C/[C@@H]1[C@H]2CCc3ccc(C(=O)O)cc3O[C@H]2C[C@H]1O. The van der Waals surface area contributed by atoms with E-state index in [9.17, 15) is 24.5 Å². The van der Waals surface area contributed by atoms with Crippen LogP contribution in [0.3, 0.4) is 0 Å². The van der Waals surface area contributed by atoms with Gasteiger partial charge < -0.3 is 20.1 Å². The standard InChI is InChI=1S/C25H27FO5/c1-14(15-4-7-18(26)8-5-15)21(27)11-10-19-20-9-6-16-2-3-17(25(29)30)12-23(16)31-24(20)13-22(19)28/h2-5,7-8,10-12,14,19-22,24,27-28H,6,9,13H2,1H3,(H,29,30)/b11-10+/t14?,19-,20-,21?,22-,24+/m1/s1. The molecule has 0 spiro atoms. The summed E-state index contributed by atoms with van der Waals surface area (Å²) in [5.41, 5.74) is 2.00. The summed E-state index contributed by atoms with van der Waals surface area (Å²) in [6.45, 7) is 1.88. The van der Waals surface area contributed by atoms with Gasteiger partial charge in [0.1, 0.15) is 17.7 Å². The third kappa shape index (κ3) is 4.50. The second-order valence-corrected chi connectivity index (χ2v) is 8.58. The van der Waals surface area contributed by atoms with E-state index in [1.54, 1.807) is 36.4 Å². The van der Waals surface area contributed by atoms with E-state index < -0.39 is 18.2 Å². The number of carboxylic acid groups (broad SMARTS) is 1. The van der Waals surface area contributed by atoms with Crippen molar-refractivity contribution in [2.75, 3.05) is 0 Å². The highest BCUT2D eigenvalue weighted by atomic mass is 19.1. The maximum absolute atomic E-state index is 13.2. The van der Waals surface area contributed by atoms with Crippen LogP contribution in [0.5, 0.6) is 5.75 Å². The highest BCUT2D eigenvalue weighted by Gasteiger charge is 2.43. The fourth-order valence-electron chi connectivity index (χ4n) is 4.75. The Hall–Kier alpha value is -2.70. The molecule has 6 atom stereocenters. The molecule has 1 heterocycles. The number of ether oxygens (including phenoxy) is 1. The first-order valence-electron chi connectivity index (χ1n) is 10.7. The van der Waals surface area contributed by atoms with Gasteiger partial charge in [-0.05, 0) is 48.2 Å². The quantitative estimate of drug-likeness (QED) is 0.631. The predicted octanol–water partition coefficient (Wildman–Crippen LogP) is 3.94. The summed E-state index contributed by atoms with van der Waals surface area (Å²) in [7, 11) is 0. The summed E-state index contributed by atoms with van der Waals surface area (Å²) in [6, 6.07) is 11.0. The van der Waals surface area contributed by atoms with Crippen LogP contribution in [0.4, 0.5) is 4.39 Å². The van der Waals surface area contributed by atoms with Crippen molar-refractivity contribution in [3.05, 3.63) is 77.1 Å². The summed E-state index contributed by atoms with van der Waals surface area (Å²) >= 11 is 0. The van der Waals surface area contributed by atoms with E-state index in [1.807, 2.05) is 13.0 Å². The summed E-state index contributed by atoms with van der Waals surface area (Å²) in [5, 5.41) is 30.5. The predicted molar refractivity (Wildman–Crippen MR) is 114 cm³/mol. The summed E-state index contributed by atoms with van der Waals surface area (Å²) in [6.07, 6.45) is 4.03. The molecule has 2 aliphatic rings. The Kier molecular flexibility index (Phi) is 6.12. The molecule has 5 nitrogen and oxygen atoms in total. The van der Waals surface area contributed by atoms with Crippen LogP contribution in [0.2, 0.25) is 0 Å². The number of hydrogen-bond donors (Lipinski definition) is 3. The van der Waals surface area contributed by atoms with E-state index >= 15 is 0 Å². The Bertz CT molecular complexity index is 970. The molecule has 3 N–H and O–H groups in total. The fraction of sp³-hybridized carbons (Fsp3) is 0.400. The average molecular weight is 426 g/mol. The van der Waals surface area contributed by atoms with Gasteiger partial charge in [-0.15, -0.1) is 0 Å². The van der Waals surface area contributed by atoms with Gasteiger partial charge in [0.2, 0.25) is 0 Å². The molecule has 1 fully saturated rings. The molecule has 2 unspecified atom stereocenters. The number of carboxylic acids is 1. The third-order valence-electron chi connectivity index (χ3n) is 6.67. The number of rotatable bonds is 5. The van der Waals surface area contributed by atoms with Gasteiger partial charge in [0.25, 0.3) is 0 Å². The van der Waals surface area contributed by atoms with Gasteiger partial charge in [0.15, 0.2) is 0 Å². The van der Waals surface area contributed by atoms with Crippen LogP contribution in [0.15, 0.2) is 54.6 Å². The smallest absolute Gasteiger partial charge is 0.335 e. The van der Waals surface area contributed by atoms with Crippen molar-refractivity contribution in [3.63, 3.8) is 0 Å². The van der Waals surface area contributed by atoms with Crippen LogP contribution < -0.4 is 4.74 Å². The van der Waals surface area contributed by atoms with Gasteiger partial charge in [0.05, 0.1) is 17.8 Å². The molecule has 6 heteroatoms. The highest BCUT2D eigenvalue weighted by molar-refractivity contribution is 5.88. The van der Waals surface area contributed by atoms with Crippen LogP contribution in [-0.2, 0) is 6.42 Å². The maximum atomic E-state index is 13.2. The minimum absolute atomic E-state index is 0.0697. The number of aliphatic hydroxyl groups excluding tert-OH is 2. The molecule has 1 aliphatic carbocycles. The van der Waals surface area contributed by atoms with Crippen LogP contribution in [0, 0.1) is 17.7 Å². The summed E-state index contributed by atoms with van der Waals surface area (Å²) in [5.74, 6) is -1.03. The Morgan fingerprint density at radius 2 is 1.97 bits per heavy atom. The normalized spacial score (nSPS) is 27.1. The number of aromatic carboxylic acids is 1. The molecular weight excluding hydrogens is 399 g/mol. The molecule has 31 heavy (non-hydrogen) atoms. The minimum Gasteiger partial charge on any atom is -0.490 e. The number of aryl methyl sites for hydroxylation is 1. The van der Waals surface area contributed by atoms with Crippen molar-refractivity contribution in [2.45, 2.75) is 50.4 Å². The largest absolute Gasteiger partial charge is 0.490 e. The van der Waals surface area contributed by atoms with Crippen molar-refractivity contribution in [1.82, 2.24) is 0 Å². The first-order chi connectivity index (χ1) is 14.8. The zero-order valence-electron chi connectivity index (χ0n) is 17.3. The molecule has 1 aliphatic heterocycles. The Balaban J connectivity index is 1.47. The van der Waals surface area contributed by atoms with Crippen molar-refractivity contribution >= 4 is 5.97 Å². The van der Waals surface area contributed by atoms with E-state index in [0.29, 0.717) is 12.2 Å². The second kappa shape index (κ2) is 8.81. The summed E-state index contributed by atoms with van der Waals surface area (Å²) < 4.78 is 19.3. The molecule has 4 rings (SSSR count). The van der Waals surface area contributed by atoms with E-state index in [4.69, 9.17) is 4.74 Å². The Labute approximate surface area is 180 Å². The number of benzene rings is 2. The minimum atomic E-state index is -0.997. The van der Waals surface area contributed by atoms with E-state index in [2.05, 4.69) is 0 Å². The Morgan fingerprint density at radius 1 is 1.23 bits per heavy atom. The van der Waals surface area contributed by atoms with Gasteiger partial charge in [-0.1, -0.05) is 37.3 Å². The van der Waals surface area contributed by atoms with E-state index in [1.165, 1.54) is 12.1 Å². The van der Waals surface area contributed by atoms with Gasteiger partial charge in [0, 0.05) is 24.2 Å². The molecule has 2 aromatic carbocycles. The molecule has 0 radical (unpaired) electrons. The fourth-order valence-corrected chi connectivity index (χ4v) is 4.75. The zero-order valence-corrected chi connectivity index (χ0v) is 17.3. The lowest BCUT2D eigenvalue weighted by molar-refractivity contribution is 0.0695. The molecule has 2 aromatic rings. The first kappa shape index (κ1) is 21.5. The average Bonchev–Trinajstić information content (AvgIpc) is 2.93. The molecule has 0 amide bonds. The van der Waals surface area contributed by atoms with E-state index in [-0.39, 0.29) is 35.2 Å². The number of hydrogen-bond acceptors (Lipinski definition) is 4. The molecular formula is C25H27FO5. The number of aliphatic hydroxyl groups is 2. The van der Waals surface area contributed by atoms with Crippen LogP contribution in [-0.4, -0.2) is 39.6 Å². The van der Waals surface area contributed by atoms with Crippen LogP contribution in [0.25, 0.3) is 0 Å². The number of halogens is 1. The van der Waals surface area contributed by atoms with Gasteiger partial charge in [-0.2, -0.15) is 0 Å². The van der Waals surface area contributed by atoms with Crippen molar-refractivity contribution < 1.29 is 29.2 Å². The van der Waals surface area contributed by atoms with Crippen molar-refractivity contribution in [1.29, 1.82) is 0 Å². The van der Waals surface area contributed by atoms with Gasteiger partial charge in [-0.25, -0.2) is 9.18 Å².